The van der Waals surface area contributed by atoms with E-state index < -0.39 is 0 Å². The van der Waals surface area contributed by atoms with Gasteiger partial charge in [0, 0.05) is 12.5 Å². The summed E-state index contributed by atoms with van der Waals surface area (Å²) in [5.74, 6) is 1.58. The maximum atomic E-state index is 12.2. The molecular weight excluding hydrogens is 274 g/mol. The minimum atomic E-state index is 0.146. The molecule has 0 radical (unpaired) electrons. The van der Waals surface area contributed by atoms with Gasteiger partial charge >= 0.3 is 0 Å². The summed E-state index contributed by atoms with van der Waals surface area (Å²) in [6, 6.07) is 18.3. The van der Waals surface area contributed by atoms with Gasteiger partial charge in [0.2, 0.25) is 5.91 Å². The van der Waals surface area contributed by atoms with E-state index >= 15 is 0 Å². The lowest BCUT2D eigenvalue weighted by Gasteiger charge is -2.07. The molecule has 1 fully saturated rings. The summed E-state index contributed by atoms with van der Waals surface area (Å²) in [4.78, 5) is 12.2. The number of benzene rings is 2. The van der Waals surface area contributed by atoms with Gasteiger partial charge in [-0.3, -0.25) is 4.79 Å². The summed E-state index contributed by atoms with van der Waals surface area (Å²) in [6.07, 6.45) is 1.79. The van der Waals surface area contributed by atoms with E-state index in [9.17, 15) is 4.79 Å². The summed E-state index contributed by atoms with van der Waals surface area (Å²) in [5, 5.41) is 3.05. The molecule has 1 amide bonds. The number of amides is 1. The van der Waals surface area contributed by atoms with Crippen molar-refractivity contribution in [1.82, 2.24) is 5.32 Å². The lowest BCUT2D eigenvalue weighted by molar-refractivity contribution is -0.122. The molecule has 0 bridgehead atoms. The number of nitrogens with one attached hydrogen (secondary N) is 1. The van der Waals surface area contributed by atoms with Crippen molar-refractivity contribution in [3.05, 3.63) is 65.7 Å². The van der Waals surface area contributed by atoms with Gasteiger partial charge in [0.1, 0.15) is 5.75 Å². The highest BCUT2D eigenvalue weighted by Gasteiger charge is 2.43. The molecule has 0 aliphatic heterocycles. The molecule has 0 aromatic heterocycles. The van der Waals surface area contributed by atoms with Crippen molar-refractivity contribution < 1.29 is 9.53 Å². The topological polar surface area (TPSA) is 38.3 Å². The summed E-state index contributed by atoms with van der Waals surface area (Å²) in [5.41, 5.74) is 2.45. The van der Waals surface area contributed by atoms with E-state index in [1.54, 1.807) is 7.11 Å². The quantitative estimate of drug-likeness (QED) is 0.889. The number of ether oxygens (including phenoxy) is 1. The molecule has 1 aliphatic rings. The van der Waals surface area contributed by atoms with Crippen LogP contribution in [0.3, 0.4) is 0 Å². The highest BCUT2D eigenvalue weighted by molar-refractivity contribution is 5.82. The second-order valence-corrected chi connectivity index (χ2v) is 5.75. The van der Waals surface area contributed by atoms with Crippen molar-refractivity contribution in [2.75, 3.05) is 13.7 Å². The number of carbonyl (C=O) groups is 1. The van der Waals surface area contributed by atoms with Crippen LogP contribution >= 0.6 is 0 Å². The minimum absolute atomic E-state index is 0.146. The van der Waals surface area contributed by atoms with Crippen molar-refractivity contribution in [3.63, 3.8) is 0 Å². The Hall–Kier alpha value is -2.29. The normalized spacial score (nSPS) is 19.5. The lowest BCUT2D eigenvalue weighted by atomic mass is 10.1. The molecule has 3 rings (SSSR count). The van der Waals surface area contributed by atoms with Crippen LogP contribution in [-0.4, -0.2) is 19.6 Å². The van der Waals surface area contributed by atoms with Crippen LogP contribution in [0.4, 0.5) is 0 Å². The molecule has 1 aliphatic carbocycles. The van der Waals surface area contributed by atoms with E-state index in [1.807, 2.05) is 36.4 Å². The second-order valence-electron chi connectivity index (χ2n) is 5.75. The first-order valence-corrected chi connectivity index (χ1v) is 7.73. The maximum Gasteiger partial charge on any atom is 0.223 e. The standard InChI is InChI=1S/C19H21NO2/c1-22-16-9-5-6-14(12-16)10-11-20-19(21)18-13-17(18)15-7-3-2-4-8-15/h2-9,12,17-18H,10-11,13H2,1H3,(H,20,21). The molecule has 2 atom stereocenters. The van der Waals surface area contributed by atoms with Crippen LogP contribution < -0.4 is 10.1 Å². The summed E-state index contributed by atoms with van der Waals surface area (Å²) in [7, 11) is 1.66. The second kappa shape index (κ2) is 6.65. The van der Waals surface area contributed by atoms with Gasteiger partial charge < -0.3 is 10.1 Å². The zero-order valence-electron chi connectivity index (χ0n) is 12.8. The molecular formula is C19H21NO2. The predicted octanol–water partition coefficient (Wildman–Crippen LogP) is 3.16. The van der Waals surface area contributed by atoms with Crippen molar-refractivity contribution in [2.45, 2.75) is 18.8 Å². The number of hydrogen-bond donors (Lipinski definition) is 1. The molecule has 1 saturated carbocycles. The Morgan fingerprint density at radius 3 is 2.77 bits per heavy atom. The highest BCUT2D eigenvalue weighted by atomic mass is 16.5. The molecule has 114 valence electrons. The van der Waals surface area contributed by atoms with Crippen molar-refractivity contribution >= 4 is 5.91 Å². The largest absolute Gasteiger partial charge is 0.497 e. The molecule has 0 saturated heterocycles. The fraction of sp³-hybridized carbons (Fsp3) is 0.316. The Morgan fingerprint density at radius 2 is 2.00 bits per heavy atom. The van der Waals surface area contributed by atoms with Crippen LogP contribution in [0.1, 0.15) is 23.5 Å². The number of methoxy groups -OCH3 is 1. The van der Waals surface area contributed by atoms with Crippen LogP contribution in [0.5, 0.6) is 5.75 Å². The maximum absolute atomic E-state index is 12.2. The molecule has 22 heavy (non-hydrogen) atoms. The first-order chi connectivity index (χ1) is 10.8. The Balaban J connectivity index is 1.45. The smallest absolute Gasteiger partial charge is 0.223 e. The molecule has 0 heterocycles. The first-order valence-electron chi connectivity index (χ1n) is 7.73. The molecule has 0 spiro atoms. The minimum Gasteiger partial charge on any atom is -0.497 e. The van der Waals surface area contributed by atoms with E-state index in [4.69, 9.17) is 4.74 Å². The molecule has 1 N–H and O–H groups in total. The van der Waals surface area contributed by atoms with Gasteiger partial charge in [-0.2, -0.15) is 0 Å². The van der Waals surface area contributed by atoms with Gasteiger partial charge in [0.15, 0.2) is 0 Å². The lowest BCUT2D eigenvalue weighted by Crippen LogP contribution is -2.27. The van der Waals surface area contributed by atoms with Gasteiger partial charge in [-0.15, -0.1) is 0 Å². The predicted molar refractivity (Wildman–Crippen MR) is 87.0 cm³/mol. The van der Waals surface area contributed by atoms with Crippen LogP contribution in [0.25, 0.3) is 0 Å². The average molecular weight is 295 g/mol. The summed E-state index contributed by atoms with van der Waals surface area (Å²) in [6.45, 7) is 0.671. The summed E-state index contributed by atoms with van der Waals surface area (Å²) >= 11 is 0. The van der Waals surface area contributed by atoms with E-state index in [1.165, 1.54) is 11.1 Å². The Morgan fingerprint density at radius 1 is 1.18 bits per heavy atom. The Labute approximate surface area is 131 Å². The molecule has 3 heteroatoms. The van der Waals surface area contributed by atoms with E-state index in [0.29, 0.717) is 12.5 Å². The van der Waals surface area contributed by atoms with Gasteiger partial charge in [-0.05, 0) is 42.0 Å². The van der Waals surface area contributed by atoms with Gasteiger partial charge in [-0.25, -0.2) is 0 Å². The third-order valence-corrected chi connectivity index (χ3v) is 4.20. The van der Waals surface area contributed by atoms with E-state index in [-0.39, 0.29) is 11.8 Å². The van der Waals surface area contributed by atoms with E-state index in [2.05, 4.69) is 23.5 Å². The van der Waals surface area contributed by atoms with Crippen LogP contribution in [0.15, 0.2) is 54.6 Å². The van der Waals surface area contributed by atoms with Crippen molar-refractivity contribution in [2.24, 2.45) is 5.92 Å². The zero-order valence-corrected chi connectivity index (χ0v) is 12.8. The fourth-order valence-corrected chi connectivity index (χ4v) is 2.84. The third kappa shape index (κ3) is 3.48. The Bertz CT molecular complexity index is 639. The monoisotopic (exact) mass is 295 g/mol. The van der Waals surface area contributed by atoms with E-state index in [0.717, 1.165) is 18.6 Å². The van der Waals surface area contributed by atoms with Crippen LogP contribution in [0, 0.1) is 5.92 Å². The zero-order chi connectivity index (χ0) is 15.4. The number of hydrogen-bond acceptors (Lipinski definition) is 2. The summed E-state index contributed by atoms with van der Waals surface area (Å²) < 4.78 is 5.21. The fourth-order valence-electron chi connectivity index (χ4n) is 2.84. The van der Waals surface area contributed by atoms with Gasteiger partial charge in [0.25, 0.3) is 0 Å². The highest BCUT2D eigenvalue weighted by Crippen LogP contribution is 2.47. The molecule has 2 aromatic rings. The third-order valence-electron chi connectivity index (χ3n) is 4.20. The SMILES string of the molecule is COc1cccc(CCNC(=O)C2CC2c2ccccc2)c1. The molecule has 3 nitrogen and oxygen atoms in total. The Kier molecular flexibility index (Phi) is 4.42. The van der Waals surface area contributed by atoms with Crippen molar-refractivity contribution in [1.29, 1.82) is 0 Å². The molecule has 2 aromatic carbocycles. The van der Waals surface area contributed by atoms with Gasteiger partial charge in [-0.1, -0.05) is 42.5 Å². The number of carbonyl (C=O) groups excluding carboxylic acids is 1. The van der Waals surface area contributed by atoms with Gasteiger partial charge in [0.05, 0.1) is 7.11 Å². The number of rotatable bonds is 6. The first kappa shape index (κ1) is 14.6. The van der Waals surface area contributed by atoms with Crippen LogP contribution in [-0.2, 0) is 11.2 Å². The van der Waals surface area contributed by atoms with Crippen molar-refractivity contribution in [3.8, 4) is 5.75 Å². The van der Waals surface area contributed by atoms with Crippen LogP contribution in [0.2, 0.25) is 0 Å². The average Bonchev–Trinajstić information content (AvgIpc) is 3.36. The molecule has 2 unspecified atom stereocenters.